The summed E-state index contributed by atoms with van der Waals surface area (Å²) in [6.07, 6.45) is 0. The Labute approximate surface area is 151 Å². The molecule has 0 aromatic heterocycles. The molecule has 8 nitrogen and oxygen atoms in total. The van der Waals surface area contributed by atoms with Crippen LogP contribution in [0.25, 0.3) is 0 Å². The number of carboxylic acid groups (broad SMARTS) is 1. The van der Waals surface area contributed by atoms with Gasteiger partial charge in [0.05, 0.1) is 13.1 Å². The molecule has 0 aromatic carbocycles. The minimum Gasteiger partial charge on any atom is -0.480 e. The minimum atomic E-state index is -0.801. The molecular formula is C17H35N5O3. The number of hydrogen-bond acceptors (Lipinski definition) is 6. The van der Waals surface area contributed by atoms with Gasteiger partial charge < -0.3 is 20.2 Å². The normalized spacial score (nSPS) is 20.6. The molecule has 0 aromatic rings. The topological polar surface area (TPSA) is 79.4 Å². The molecule has 0 bridgehead atoms. The van der Waals surface area contributed by atoms with Crippen molar-refractivity contribution in [3.8, 4) is 0 Å². The molecule has 1 aliphatic rings. The molecule has 1 heterocycles. The predicted octanol–water partition coefficient (Wildman–Crippen LogP) is -0.922. The van der Waals surface area contributed by atoms with E-state index in [0.29, 0.717) is 19.6 Å². The standard InChI is InChI=1S/C17H35N5O3/c1-4-19-6-7-20(5-2)9-11-22(15-17(24)25)13-12-21(10-8-19)14-16(23)18-3/h4-15H2,1-3H3,(H,18,23)(H,24,25). The van der Waals surface area contributed by atoms with Crippen molar-refractivity contribution in [3.63, 3.8) is 0 Å². The highest BCUT2D eigenvalue weighted by atomic mass is 16.4. The lowest BCUT2D eigenvalue weighted by Crippen LogP contribution is -2.48. The van der Waals surface area contributed by atoms with E-state index in [1.165, 1.54) is 0 Å². The summed E-state index contributed by atoms with van der Waals surface area (Å²) >= 11 is 0. The molecule has 0 radical (unpaired) electrons. The van der Waals surface area contributed by atoms with Gasteiger partial charge in [0.15, 0.2) is 0 Å². The van der Waals surface area contributed by atoms with Crippen LogP contribution in [0.4, 0.5) is 0 Å². The third-order valence-corrected chi connectivity index (χ3v) is 4.83. The zero-order chi connectivity index (χ0) is 18.7. The lowest BCUT2D eigenvalue weighted by atomic mass is 10.3. The van der Waals surface area contributed by atoms with E-state index >= 15 is 0 Å². The van der Waals surface area contributed by atoms with Gasteiger partial charge in [-0.05, 0) is 13.1 Å². The van der Waals surface area contributed by atoms with Crippen molar-refractivity contribution >= 4 is 11.9 Å². The number of aliphatic carboxylic acids is 1. The van der Waals surface area contributed by atoms with Gasteiger partial charge in [0.2, 0.25) is 5.91 Å². The largest absolute Gasteiger partial charge is 0.480 e. The highest BCUT2D eigenvalue weighted by molar-refractivity contribution is 5.77. The van der Waals surface area contributed by atoms with Crippen molar-refractivity contribution in [2.75, 3.05) is 85.6 Å². The molecule has 1 saturated heterocycles. The van der Waals surface area contributed by atoms with Gasteiger partial charge in [0.1, 0.15) is 0 Å². The van der Waals surface area contributed by atoms with Crippen LogP contribution in [-0.4, -0.2) is 122 Å². The molecule has 1 rings (SSSR count). The number of nitrogens with one attached hydrogen (secondary N) is 1. The Morgan fingerprint density at radius 2 is 1.12 bits per heavy atom. The molecule has 1 fully saturated rings. The summed E-state index contributed by atoms with van der Waals surface area (Å²) in [4.78, 5) is 31.8. The number of hydrogen-bond donors (Lipinski definition) is 2. The van der Waals surface area contributed by atoms with Gasteiger partial charge in [-0.25, -0.2) is 0 Å². The summed E-state index contributed by atoms with van der Waals surface area (Å²) in [5, 5.41) is 11.8. The fourth-order valence-electron chi connectivity index (χ4n) is 3.00. The van der Waals surface area contributed by atoms with Gasteiger partial charge >= 0.3 is 5.97 Å². The van der Waals surface area contributed by atoms with Gasteiger partial charge in [-0.1, -0.05) is 13.8 Å². The zero-order valence-electron chi connectivity index (χ0n) is 16.0. The van der Waals surface area contributed by atoms with Crippen molar-refractivity contribution < 1.29 is 14.7 Å². The van der Waals surface area contributed by atoms with Crippen LogP contribution in [0.3, 0.4) is 0 Å². The van der Waals surface area contributed by atoms with Crippen LogP contribution in [0, 0.1) is 0 Å². The van der Waals surface area contributed by atoms with Crippen molar-refractivity contribution in [2.45, 2.75) is 13.8 Å². The molecule has 0 aliphatic carbocycles. The van der Waals surface area contributed by atoms with Crippen LogP contribution in [0.5, 0.6) is 0 Å². The molecule has 25 heavy (non-hydrogen) atoms. The molecular weight excluding hydrogens is 322 g/mol. The Morgan fingerprint density at radius 3 is 1.44 bits per heavy atom. The number of amides is 1. The van der Waals surface area contributed by atoms with Gasteiger partial charge in [0, 0.05) is 59.4 Å². The molecule has 1 aliphatic heterocycles. The summed E-state index contributed by atoms with van der Waals surface area (Å²) in [7, 11) is 1.65. The van der Waals surface area contributed by atoms with E-state index in [0.717, 1.165) is 52.4 Å². The highest BCUT2D eigenvalue weighted by Crippen LogP contribution is 2.00. The molecule has 1 amide bonds. The van der Waals surface area contributed by atoms with E-state index in [1.807, 2.05) is 4.90 Å². The molecule has 8 heteroatoms. The molecule has 0 spiro atoms. The second-order valence-corrected chi connectivity index (χ2v) is 6.49. The van der Waals surface area contributed by atoms with Crippen LogP contribution in [0.15, 0.2) is 0 Å². The van der Waals surface area contributed by atoms with Crippen LogP contribution in [0.2, 0.25) is 0 Å². The number of nitrogens with zero attached hydrogens (tertiary/aromatic N) is 4. The SMILES string of the molecule is CCN1CCN(CC)CCN(CC(=O)NC)CCN(CC(=O)O)CC1. The van der Waals surface area contributed by atoms with Crippen LogP contribution in [-0.2, 0) is 9.59 Å². The van der Waals surface area contributed by atoms with Crippen molar-refractivity contribution in [3.05, 3.63) is 0 Å². The van der Waals surface area contributed by atoms with Crippen LogP contribution < -0.4 is 5.32 Å². The predicted molar refractivity (Wildman–Crippen MR) is 98.8 cm³/mol. The fraction of sp³-hybridized carbons (Fsp3) is 0.882. The first kappa shape index (κ1) is 21.8. The average Bonchev–Trinajstić information content (AvgIpc) is 2.59. The van der Waals surface area contributed by atoms with E-state index in [1.54, 1.807) is 7.05 Å². The Hall–Kier alpha value is -1.22. The summed E-state index contributed by atoms with van der Waals surface area (Å²) in [5.41, 5.74) is 0. The smallest absolute Gasteiger partial charge is 0.317 e. The Morgan fingerprint density at radius 1 is 0.760 bits per heavy atom. The maximum atomic E-state index is 11.8. The van der Waals surface area contributed by atoms with E-state index in [-0.39, 0.29) is 12.5 Å². The van der Waals surface area contributed by atoms with E-state index in [9.17, 15) is 9.59 Å². The number of likely N-dealkylation sites (N-methyl/N-ethyl adjacent to an activating group) is 3. The number of carbonyl (C=O) groups is 2. The van der Waals surface area contributed by atoms with E-state index in [4.69, 9.17) is 5.11 Å². The first-order valence-corrected chi connectivity index (χ1v) is 9.30. The van der Waals surface area contributed by atoms with Gasteiger partial charge in [-0.3, -0.25) is 19.4 Å². The second-order valence-electron chi connectivity index (χ2n) is 6.49. The van der Waals surface area contributed by atoms with Crippen molar-refractivity contribution in [1.82, 2.24) is 24.9 Å². The van der Waals surface area contributed by atoms with Crippen molar-refractivity contribution in [2.24, 2.45) is 0 Å². The fourth-order valence-corrected chi connectivity index (χ4v) is 3.00. The summed E-state index contributed by atoms with van der Waals surface area (Å²) in [6.45, 7) is 13.4. The molecule has 0 atom stereocenters. The third-order valence-electron chi connectivity index (χ3n) is 4.83. The molecule has 2 N–H and O–H groups in total. The monoisotopic (exact) mass is 357 g/mol. The third kappa shape index (κ3) is 9.15. The number of carbonyl (C=O) groups excluding carboxylic acids is 1. The summed E-state index contributed by atoms with van der Waals surface area (Å²) < 4.78 is 0. The van der Waals surface area contributed by atoms with Gasteiger partial charge in [-0.15, -0.1) is 0 Å². The summed E-state index contributed by atoms with van der Waals surface area (Å²) in [5.74, 6) is -0.803. The first-order chi connectivity index (χ1) is 12.0. The molecule has 0 unspecified atom stereocenters. The Balaban J connectivity index is 2.76. The zero-order valence-corrected chi connectivity index (χ0v) is 16.0. The lowest BCUT2D eigenvalue weighted by Gasteiger charge is -2.33. The maximum absolute atomic E-state index is 11.8. The second kappa shape index (κ2) is 12.2. The Bertz CT molecular complexity index is 408. The van der Waals surface area contributed by atoms with E-state index < -0.39 is 5.97 Å². The van der Waals surface area contributed by atoms with Crippen molar-refractivity contribution in [1.29, 1.82) is 0 Å². The molecule has 0 saturated carbocycles. The van der Waals surface area contributed by atoms with Crippen LogP contribution >= 0.6 is 0 Å². The highest BCUT2D eigenvalue weighted by Gasteiger charge is 2.17. The number of rotatable bonds is 6. The Kier molecular flexibility index (Phi) is 10.6. The maximum Gasteiger partial charge on any atom is 0.317 e. The quantitative estimate of drug-likeness (QED) is 0.636. The van der Waals surface area contributed by atoms with Crippen LogP contribution in [0.1, 0.15) is 13.8 Å². The average molecular weight is 357 g/mol. The minimum absolute atomic E-state index is 0.00270. The van der Waals surface area contributed by atoms with Gasteiger partial charge in [0.25, 0.3) is 0 Å². The summed E-state index contributed by atoms with van der Waals surface area (Å²) in [6, 6.07) is 0. The number of carboxylic acids is 1. The van der Waals surface area contributed by atoms with Gasteiger partial charge in [-0.2, -0.15) is 0 Å². The first-order valence-electron chi connectivity index (χ1n) is 9.30. The van der Waals surface area contributed by atoms with E-state index in [2.05, 4.69) is 33.9 Å². The molecule has 146 valence electrons. The lowest BCUT2D eigenvalue weighted by molar-refractivity contribution is -0.138.